The van der Waals surface area contributed by atoms with Gasteiger partial charge >= 0.3 is 0 Å². The van der Waals surface area contributed by atoms with Crippen LogP contribution in [0.5, 0.6) is 11.5 Å². The van der Waals surface area contributed by atoms with Gasteiger partial charge in [0.05, 0.1) is 0 Å². The largest absolute Gasteiger partial charge is 0.454 e. The van der Waals surface area contributed by atoms with Crippen molar-refractivity contribution in [2.75, 3.05) is 66.2 Å². The lowest BCUT2D eigenvalue weighted by Crippen LogP contribution is -2.48. The van der Waals surface area contributed by atoms with Gasteiger partial charge in [-0.3, -0.25) is 4.99 Å². The Morgan fingerprint density at radius 1 is 1.11 bits per heavy atom. The second-order valence-electron chi connectivity index (χ2n) is 7.66. The van der Waals surface area contributed by atoms with Gasteiger partial charge in [0.1, 0.15) is 0 Å². The monoisotopic (exact) mass is 389 g/mol. The minimum absolute atomic E-state index is 0.320. The van der Waals surface area contributed by atoms with Crippen molar-refractivity contribution in [3.05, 3.63) is 23.8 Å². The number of ether oxygens (including phenoxy) is 2. The first-order valence-electron chi connectivity index (χ1n) is 10.5. The number of fused-ring (bicyclic) bond motifs is 1. The summed E-state index contributed by atoms with van der Waals surface area (Å²) < 4.78 is 10.8. The predicted octanol–water partition coefficient (Wildman–Crippen LogP) is 1.40. The minimum atomic E-state index is 0.320. The Balaban J connectivity index is 1.33. The van der Waals surface area contributed by atoms with Gasteiger partial charge in [-0.2, -0.15) is 0 Å². The lowest BCUT2D eigenvalue weighted by Gasteiger charge is -2.35. The average molecular weight is 390 g/mol. The van der Waals surface area contributed by atoms with Gasteiger partial charge in [-0.05, 0) is 36.6 Å². The van der Waals surface area contributed by atoms with Crippen molar-refractivity contribution in [1.29, 1.82) is 0 Å². The summed E-state index contributed by atoms with van der Waals surface area (Å²) in [5.41, 5.74) is 1.23. The summed E-state index contributed by atoms with van der Waals surface area (Å²) in [5, 5.41) is 6.87. The molecule has 0 aliphatic carbocycles. The summed E-state index contributed by atoms with van der Waals surface area (Å²) in [4.78, 5) is 9.44. The van der Waals surface area contributed by atoms with Crippen LogP contribution in [0.25, 0.3) is 0 Å². The van der Waals surface area contributed by atoms with Crippen LogP contribution in [-0.2, 0) is 6.42 Å². The Morgan fingerprint density at radius 2 is 1.86 bits per heavy atom. The van der Waals surface area contributed by atoms with E-state index in [9.17, 15) is 0 Å². The zero-order valence-corrected chi connectivity index (χ0v) is 17.5. The average Bonchev–Trinajstić information content (AvgIpc) is 3.19. The molecular weight excluding hydrogens is 354 g/mol. The number of rotatable bonds is 8. The molecule has 1 fully saturated rings. The molecule has 2 heterocycles. The molecule has 2 aliphatic rings. The van der Waals surface area contributed by atoms with Gasteiger partial charge in [-0.25, -0.2) is 0 Å². The van der Waals surface area contributed by atoms with Crippen molar-refractivity contribution in [3.8, 4) is 11.5 Å². The van der Waals surface area contributed by atoms with Gasteiger partial charge in [0.15, 0.2) is 17.5 Å². The van der Waals surface area contributed by atoms with Crippen molar-refractivity contribution in [2.24, 2.45) is 10.9 Å². The lowest BCUT2D eigenvalue weighted by atomic mass is 10.1. The van der Waals surface area contributed by atoms with Crippen molar-refractivity contribution in [3.63, 3.8) is 0 Å². The van der Waals surface area contributed by atoms with Gasteiger partial charge in [0.25, 0.3) is 0 Å². The Morgan fingerprint density at radius 3 is 2.61 bits per heavy atom. The number of nitrogens with zero attached hydrogens (tertiary/aromatic N) is 3. The van der Waals surface area contributed by atoms with Crippen LogP contribution in [0, 0.1) is 5.92 Å². The van der Waals surface area contributed by atoms with Crippen molar-refractivity contribution in [1.82, 2.24) is 20.4 Å². The van der Waals surface area contributed by atoms with E-state index in [1.165, 1.54) is 38.3 Å². The van der Waals surface area contributed by atoms with Crippen LogP contribution < -0.4 is 20.1 Å². The zero-order chi connectivity index (χ0) is 19.8. The van der Waals surface area contributed by atoms with E-state index in [1.807, 2.05) is 13.1 Å². The highest BCUT2D eigenvalue weighted by Gasteiger charge is 2.17. The first-order chi connectivity index (χ1) is 13.7. The van der Waals surface area contributed by atoms with E-state index in [0.29, 0.717) is 12.7 Å². The van der Waals surface area contributed by atoms with Gasteiger partial charge in [0.2, 0.25) is 6.79 Å². The van der Waals surface area contributed by atoms with Crippen LogP contribution in [-0.4, -0.2) is 82.0 Å². The molecule has 7 nitrogen and oxygen atoms in total. The van der Waals surface area contributed by atoms with Gasteiger partial charge in [-0.15, -0.1) is 0 Å². The molecule has 3 rings (SSSR count). The fourth-order valence-electron chi connectivity index (χ4n) is 3.71. The summed E-state index contributed by atoms with van der Waals surface area (Å²) in [7, 11) is 1.82. The molecule has 2 aliphatic heterocycles. The normalized spacial score (nSPS) is 18.9. The molecule has 7 heteroatoms. The summed E-state index contributed by atoms with van der Waals surface area (Å²) >= 11 is 0. The summed E-state index contributed by atoms with van der Waals surface area (Å²) in [6.07, 6.45) is 0.911. The molecule has 1 saturated heterocycles. The molecule has 0 bridgehead atoms. The molecule has 0 amide bonds. The van der Waals surface area contributed by atoms with Crippen molar-refractivity contribution < 1.29 is 9.47 Å². The first-order valence-corrected chi connectivity index (χ1v) is 10.5. The molecule has 2 N–H and O–H groups in total. The zero-order valence-electron chi connectivity index (χ0n) is 17.5. The summed E-state index contributed by atoms with van der Waals surface area (Å²) in [6.45, 7) is 13.7. The molecule has 1 unspecified atom stereocenters. The van der Waals surface area contributed by atoms with E-state index < -0.39 is 0 Å². The standard InChI is InChI=1S/C21H35N5O2/c1-4-25-9-11-26(12-10-25)15-17(2)14-24-21(22-3)23-8-7-18-5-6-19-20(13-18)28-16-27-19/h5-6,13,17H,4,7-12,14-16H2,1-3H3,(H2,22,23,24). The molecule has 156 valence electrons. The molecule has 28 heavy (non-hydrogen) atoms. The molecule has 0 aromatic heterocycles. The van der Waals surface area contributed by atoms with Gasteiger partial charge < -0.3 is 29.9 Å². The van der Waals surface area contributed by atoms with Crippen LogP contribution in [0.15, 0.2) is 23.2 Å². The first kappa shape index (κ1) is 20.7. The van der Waals surface area contributed by atoms with Crippen LogP contribution >= 0.6 is 0 Å². The van der Waals surface area contributed by atoms with Gasteiger partial charge in [0, 0.05) is 52.9 Å². The topological polar surface area (TPSA) is 61.4 Å². The molecule has 1 aromatic carbocycles. The Hall–Kier alpha value is -1.99. The quantitative estimate of drug-likeness (QED) is 0.518. The van der Waals surface area contributed by atoms with Crippen LogP contribution in [0.4, 0.5) is 0 Å². The summed E-state index contributed by atoms with van der Waals surface area (Å²) in [5.74, 6) is 3.12. The molecule has 1 atom stereocenters. The van der Waals surface area contributed by atoms with E-state index in [2.05, 4.69) is 51.4 Å². The van der Waals surface area contributed by atoms with Crippen molar-refractivity contribution in [2.45, 2.75) is 20.3 Å². The van der Waals surface area contributed by atoms with Crippen LogP contribution in [0.1, 0.15) is 19.4 Å². The summed E-state index contributed by atoms with van der Waals surface area (Å²) in [6, 6.07) is 6.12. The third-order valence-corrected chi connectivity index (χ3v) is 5.47. The van der Waals surface area contributed by atoms with E-state index in [0.717, 1.165) is 43.5 Å². The predicted molar refractivity (Wildman–Crippen MR) is 113 cm³/mol. The highest BCUT2D eigenvalue weighted by molar-refractivity contribution is 5.79. The number of nitrogens with one attached hydrogen (secondary N) is 2. The van der Waals surface area contributed by atoms with Gasteiger partial charge in [-0.1, -0.05) is 19.9 Å². The minimum Gasteiger partial charge on any atom is -0.454 e. The van der Waals surface area contributed by atoms with E-state index in [4.69, 9.17) is 9.47 Å². The maximum absolute atomic E-state index is 5.44. The Labute approximate surface area is 169 Å². The third-order valence-electron chi connectivity index (χ3n) is 5.47. The highest BCUT2D eigenvalue weighted by Crippen LogP contribution is 2.32. The lowest BCUT2D eigenvalue weighted by molar-refractivity contribution is 0.124. The second kappa shape index (κ2) is 10.5. The third kappa shape index (κ3) is 6.01. The van der Waals surface area contributed by atoms with E-state index in [-0.39, 0.29) is 0 Å². The maximum Gasteiger partial charge on any atom is 0.231 e. The number of guanidine groups is 1. The molecule has 1 aromatic rings. The van der Waals surface area contributed by atoms with Crippen LogP contribution in [0.3, 0.4) is 0 Å². The van der Waals surface area contributed by atoms with Crippen molar-refractivity contribution >= 4 is 5.96 Å². The number of benzene rings is 1. The number of hydrogen-bond donors (Lipinski definition) is 2. The number of hydrogen-bond acceptors (Lipinski definition) is 5. The number of piperazine rings is 1. The fourth-order valence-corrected chi connectivity index (χ4v) is 3.71. The number of aliphatic imine (C=N–C) groups is 1. The van der Waals surface area contributed by atoms with Crippen LogP contribution in [0.2, 0.25) is 0 Å². The second-order valence-corrected chi connectivity index (χ2v) is 7.66. The number of likely N-dealkylation sites (N-methyl/N-ethyl adjacent to an activating group) is 1. The smallest absolute Gasteiger partial charge is 0.231 e. The molecule has 0 spiro atoms. The highest BCUT2D eigenvalue weighted by atomic mass is 16.7. The Bertz CT molecular complexity index is 644. The molecule has 0 radical (unpaired) electrons. The van der Waals surface area contributed by atoms with E-state index >= 15 is 0 Å². The SMILES string of the molecule is CCN1CCN(CC(C)CNC(=NC)NCCc2ccc3c(c2)OCO3)CC1. The maximum atomic E-state index is 5.44. The molecular formula is C21H35N5O2. The molecule has 0 saturated carbocycles. The Kier molecular flexibility index (Phi) is 7.80. The fraction of sp³-hybridized carbons (Fsp3) is 0.667. The van der Waals surface area contributed by atoms with E-state index in [1.54, 1.807) is 0 Å².